The molecule has 5 rings (SSSR count). The highest BCUT2D eigenvalue weighted by molar-refractivity contribution is 14.1. The van der Waals surface area contributed by atoms with E-state index in [2.05, 4.69) is 55.0 Å². The van der Waals surface area contributed by atoms with Gasteiger partial charge in [0, 0.05) is 68.1 Å². The summed E-state index contributed by atoms with van der Waals surface area (Å²) in [7, 11) is 2.16. The lowest BCUT2D eigenvalue weighted by molar-refractivity contribution is 0.102. The van der Waals surface area contributed by atoms with E-state index in [0.717, 1.165) is 55.2 Å². The fraction of sp³-hybridized carbons (Fsp3) is 0.241. The van der Waals surface area contributed by atoms with Crippen LogP contribution in [-0.2, 0) is 6.54 Å². The van der Waals surface area contributed by atoms with Crippen molar-refractivity contribution in [3.05, 3.63) is 95.9 Å². The van der Waals surface area contributed by atoms with Gasteiger partial charge in [-0.25, -0.2) is 9.97 Å². The molecular formula is C29H30IN7O. The molecule has 1 fully saturated rings. The van der Waals surface area contributed by atoms with Crippen molar-refractivity contribution >= 4 is 46.1 Å². The van der Waals surface area contributed by atoms with Crippen LogP contribution in [0.4, 0.5) is 17.3 Å². The number of hydrogen-bond donors (Lipinski definition) is 1. The van der Waals surface area contributed by atoms with Crippen molar-refractivity contribution in [2.24, 2.45) is 0 Å². The molecule has 0 radical (unpaired) electrons. The maximum absolute atomic E-state index is 13.0. The molecule has 38 heavy (non-hydrogen) atoms. The van der Waals surface area contributed by atoms with Gasteiger partial charge in [0.2, 0.25) is 5.95 Å². The second kappa shape index (κ2) is 12.0. The van der Waals surface area contributed by atoms with Crippen molar-refractivity contribution in [2.45, 2.75) is 13.5 Å². The number of nitrogens with zero attached hydrogens (tertiary/aromatic N) is 6. The van der Waals surface area contributed by atoms with Crippen LogP contribution in [0.1, 0.15) is 21.5 Å². The molecule has 0 spiro atoms. The third kappa shape index (κ3) is 6.35. The van der Waals surface area contributed by atoms with Gasteiger partial charge < -0.3 is 10.2 Å². The normalized spacial score (nSPS) is 14.3. The first-order chi connectivity index (χ1) is 18.5. The number of aryl methyl sites for hydroxylation is 1. The lowest BCUT2D eigenvalue weighted by Gasteiger charge is -2.32. The molecule has 0 bridgehead atoms. The Kier molecular flexibility index (Phi) is 8.26. The predicted molar refractivity (Wildman–Crippen MR) is 160 cm³/mol. The topological polar surface area (TPSA) is 77.5 Å². The number of likely N-dealkylation sites (N-methyl/N-ethyl adjacent to an activating group) is 1. The van der Waals surface area contributed by atoms with Crippen LogP contribution in [0.25, 0.3) is 11.3 Å². The van der Waals surface area contributed by atoms with Crippen molar-refractivity contribution in [3.8, 4) is 11.3 Å². The van der Waals surface area contributed by atoms with Crippen molar-refractivity contribution in [2.75, 3.05) is 41.7 Å². The number of benzene rings is 2. The van der Waals surface area contributed by atoms with E-state index >= 15 is 0 Å². The molecule has 1 aliphatic rings. The zero-order chi connectivity index (χ0) is 26.5. The average Bonchev–Trinajstić information content (AvgIpc) is 2.96. The number of anilines is 3. The van der Waals surface area contributed by atoms with Crippen LogP contribution in [0.2, 0.25) is 0 Å². The Hall–Kier alpha value is -3.41. The molecule has 1 saturated heterocycles. The smallest absolute Gasteiger partial charge is 0.255 e. The number of piperazine rings is 1. The van der Waals surface area contributed by atoms with Gasteiger partial charge in [0.25, 0.3) is 5.91 Å². The summed E-state index contributed by atoms with van der Waals surface area (Å²) in [4.78, 5) is 31.2. The molecule has 0 unspecified atom stereocenters. The molecule has 2 aromatic heterocycles. The molecule has 1 N–H and O–H groups in total. The van der Waals surface area contributed by atoms with Crippen LogP contribution in [0.5, 0.6) is 0 Å². The van der Waals surface area contributed by atoms with Crippen molar-refractivity contribution in [1.29, 1.82) is 0 Å². The summed E-state index contributed by atoms with van der Waals surface area (Å²) in [5.74, 6) is 0.412. The number of aromatic nitrogens is 3. The summed E-state index contributed by atoms with van der Waals surface area (Å²) in [6.07, 6.45) is 5.26. The zero-order valence-corrected chi connectivity index (χ0v) is 23.7. The summed E-state index contributed by atoms with van der Waals surface area (Å²) < 4.78 is 1.90. The van der Waals surface area contributed by atoms with E-state index in [9.17, 15) is 4.79 Å². The summed E-state index contributed by atoms with van der Waals surface area (Å²) >= 11 is 2.20. The van der Waals surface area contributed by atoms with Gasteiger partial charge in [0.15, 0.2) is 0 Å². The minimum absolute atomic E-state index is 0.138. The number of amides is 1. The third-order valence-corrected chi connectivity index (χ3v) is 7.62. The quantitative estimate of drug-likeness (QED) is 0.221. The number of carbonyl (C=O) groups is 1. The van der Waals surface area contributed by atoms with Gasteiger partial charge in [-0.2, -0.15) is 0 Å². The third-order valence-electron chi connectivity index (χ3n) is 6.67. The highest BCUT2D eigenvalue weighted by Crippen LogP contribution is 2.33. The lowest BCUT2D eigenvalue weighted by Crippen LogP contribution is -2.43. The van der Waals surface area contributed by atoms with Crippen LogP contribution in [0, 0.1) is 6.92 Å². The first-order valence-corrected chi connectivity index (χ1v) is 13.5. The number of nitrogens with one attached hydrogen (secondary N) is 1. The van der Waals surface area contributed by atoms with Gasteiger partial charge >= 0.3 is 0 Å². The van der Waals surface area contributed by atoms with Crippen molar-refractivity contribution in [1.82, 2.24) is 24.8 Å². The molecule has 8 nitrogen and oxygen atoms in total. The SMILES string of the molecule is Cc1ccc(NC(=O)c2ccc(CN3CCN(C)CC3)cc2)cc1N(I)c1nccc(-c2cccnc2)n1. The minimum atomic E-state index is -0.138. The molecule has 2 aromatic carbocycles. The summed E-state index contributed by atoms with van der Waals surface area (Å²) in [6, 6.07) is 19.5. The Bertz CT molecular complexity index is 1390. The highest BCUT2D eigenvalue weighted by Gasteiger charge is 2.16. The maximum atomic E-state index is 13.0. The van der Waals surface area contributed by atoms with Crippen LogP contribution in [-0.4, -0.2) is 63.9 Å². The number of rotatable bonds is 7. The Balaban J connectivity index is 1.27. The molecule has 9 heteroatoms. The molecule has 1 aliphatic heterocycles. The first kappa shape index (κ1) is 26.2. The van der Waals surface area contributed by atoms with Gasteiger partial charge in [-0.3, -0.25) is 17.8 Å². The predicted octanol–water partition coefficient (Wildman–Crippen LogP) is 5.33. The molecule has 194 valence electrons. The maximum Gasteiger partial charge on any atom is 0.255 e. The average molecular weight is 620 g/mol. The summed E-state index contributed by atoms with van der Waals surface area (Å²) in [5.41, 5.74) is 6.22. The number of hydrogen-bond acceptors (Lipinski definition) is 7. The molecule has 0 atom stereocenters. The summed E-state index contributed by atoms with van der Waals surface area (Å²) in [5, 5.41) is 3.04. The Morgan fingerprint density at radius 2 is 1.82 bits per heavy atom. The van der Waals surface area contributed by atoms with Crippen LogP contribution >= 0.6 is 22.9 Å². The Morgan fingerprint density at radius 3 is 2.55 bits per heavy atom. The van der Waals surface area contributed by atoms with E-state index in [0.29, 0.717) is 17.2 Å². The van der Waals surface area contributed by atoms with Gasteiger partial charge in [-0.1, -0.05) is 18.2 Å². The minimum Gasteiger partial charge on any atom is -0.322 e. The summed E-state index contributed by atoms with van der Waals surface area (Å²) in [6.45, 7) is 7.26. The Labute approximate surface area is 237 Å². The number of carbonyl (C=O) groups excluding carboxylic acids is 1. The molecule has 4 aromatic rings. The van der Waals surface area contributed by atoms with E-state index < -0.39 is 0 Å². The number of halogens is 1. The van der Waals surface area contributed by atoms with Gasteiger partial charge in [0.05, 0.1) is 34.2 Å². The first-order valence-electron chi connectivity index (χ1n) is 12.6. The van der Waals surface area contributed by atoms with E-state index in [-0.39, 0.29) is 5.91 Å². The second-order valence-electron chi connectivity index (χ2n) is 9.50. The van der Waals surface area contributed by atoms with Crippen LogP contribution in [0.3, 0.4) is 0 Å². The van der Waals surface area contributed by atoms with Gasteiger partial charge in [-0.05, 0) is 67.6 Å². The van der Waals surface area contributed by atoms with E-state index in [4.69, 9.17) is 4.98 Å². The monoisotopic (exact) mass is 619 g/mol. The second-order valence-corrected chi connectivity index (χ2v) is 10.5. The largest absolute Gasteiger partial charge is 0.322 e. The van der Waals surface area contributed by atoms with E-state index in [1.54, 1.807) is 18.6 Å². The molecule has 1 amide bonds. The van der Waals surface area contributed by atoms with Crippen LogP contribution < -0.4 is 8.43 Å². The van der Waals surface area contributed by atoms with Crippen LogP contribution in [0.15, 0.2) is 79.3 Å². The molecule has 0 saturated carbocycles. The van der Waals surface area contributed by atoms with Gasteiger partial charge in [-0.15, -0.1) is 0 Å². The van der Waals surface area contributed by atoms with E-state index in [1.165, 1.54) is 5.56 Å². The standard InChI is InChI=1S/C29H30IN7O/c1-21-5-10-25(18-27(21)37(30)29-32-13-11-26(34-29)24-4-3-12-31-19-24)33-28(38)23-8-6-22(7-9-23)20-36-16-14-35(2)15-17-36/h3-13,18-19H,14-17,20H2,1-2H3,(H,33,38). The molecule has 3 heterocycles. The van der Waals surface area contributed by atoms with E-state index in [1.807, 2.05) is 70.7 Å². The Morgan fingerprint density at radius 1 is 1.03 bits per heavy atom. The lowest BCUT2D eigenvalue weighted by atomic mass is 10.1. The fourth-order valence-corrected chi connectivity index (χ4v) is 5.11. The fourth-order valence-electron chi connectivity index (χ4n) is 4.35. The number of pyridine rings is 1. The highest BCUT2D eigenvalue weighted by atomic mass is 127. The molecule has 0 aliphatic carbocycles. The zero-order valence-electron chi connectivity index (χ0n) is 21.5. The van der Waals surface area contributed by atoms with Gasteiger partial charge in [0.1, 0.15) is 0 Å². The van der Waals surface area contributed by atoms with Crippen molar-refractivity contribution < 1.29 is 4.79 Å². The molecular weight excluding hydrogens is 589 g/mol. The van der Waals surface area contributed by atoms with Crippen molar-refractivity contribution in [3.63, 3.8) is 0 Å².